The summed E-state index contributed by atoms with van der Waals surface area (Å²) in [5.41, 5.74) is 0. The van der Waals surface area contributed by atoms with Crippen LogP contribution in [0.3, 0.4) is 0 Å². The second kappa shape index (κ2) is 8.10. The zero-order chi connectivity index (χ0) is 15.4. The van der Waals surface area contributed by atoms with Crippen LogP contribution < -0.4 is 5.32 Å². The van der Waals surface area contributed by atoms with E-state index in [-0.39, 0.29) is 0 Å². The van der Waals surface area contributed by atoms with Crippen LogP contribution in [0, 0.1) is 17.8 Å². The summed E-state index contributed by atoms with van der Waals surface area (Å²) in [4.78, 5) is 0. The molecule has 2 nitrogen and oxygen atoms in total. The third-order valence-corrected chi connectivity index (χ3v) is 7.96. The van der Waals surface area contributed by atoms with Crippen molar-refractivity contribution in [1.29, 1.82) is 0 Å². The number of rotatable bonds is 5. The predicted octanol–water partition coefficient (Wildman–Crippen LogP) is 4.12. The molecule has 0 heterocycles. The molecular weight excluding hydrogens is 278 g/mol. The van der Waals surface area contributed by atoms with Gasteiger partial charge in [0.15, 0.2) is 0 Å². The Bertz CT molecular complexity index is 344. The van der Waals surface area contributed by atoms with Crippen LogP contribution in [0.25, 0.3) is 0 Å². The minimum atomic E-state index is -0.645. The van der Waals surface area contributed by atoms with Crippen molar-refractivity contribution in [2.75, 3.05) is 6.54 Å². The standard InChI is InChI=1S/C18H35NOS/c1-5-19-17-10-9-15(13(2)3)12-18(17)21(20)16-8-6-7-14(4)11-16/h13-19H,5-12H2,1-4H3. The maximum absolute atomic E-state index is 13.2. The van der Waals surface area contributed by atoms with E-state index in [2.05, 4.69) is 33.0 Å². The van der Waals surface area contributed by atoms with Crippen molar-refractivity contribution in [1.82, 2.24) is 5.32 Å². The molecule has 1 N–H and O–H groups in total. The van der Waals surface area contributed by atoms with Gasteiger partial charge in [-0.25, -0.2) is 0 Å². The highest BCUT2D eigenvalue weighted by atomic mass is 32.2. The molecule has 0 aromatic rings. The Morgan fingerprint density at radius 3 is 2.52 bits per heavy atom. The largest absolute Gasteiger partial charge is 0.313 e. The first-order valence-corrected chi connectivity index (χ1v) is 10.4. The topological polar surface area (TPSA) is 29.1 Å². The summed E-state index contributed by atoms with van der Waals surface area (Å²) >= 11 is 0. The van der Waals surface area contributed by atoms with Crippen molar-refractivity contribution < 1.29 is 4.21 Å². The van der Waals surface area contributed by atoms with Gasteiger partial charge >= 0.3 is 0 Å². The molecule has 6 atom stereocenters. The molecule has 21 heavy (non-hydrogen) atoms. The molecule has 2 fully saturated rings. The third-order valence-electron chi connectivity index (χ3n) is 5.76. The summed E-state index contributed by atoms with van der Waals surface area (Å²) in [7, 11) is -0.645. The number of nitrogens with one attached hydrogen (secondary N) is 1. The Labute approximate surface area is 134 Å². The van der Waals surface area contributed by atoms with Gasteiger partial charge in [-0.15, -0.1) is 0 Å². The minimum absolute atomic E-state index is 0.390. The van der Waals surface area contributed by atoms with Gasteiger partial charge in [0.1, 0.15) is 0 Å². The van der Waals surface area contributed by atoms with E-state index in [1.54, 1.807) is 0 Å². The van der Waals surface area contributed by atoms with Crippen molar-refractivity contribution in [2.45, 2.75) is 89.2 Å². The fourth-order valence-corrected chi connectivity index (χ4v) is 6.76. The van der Waals surface area contributed by atoms with E-state index in [1.807, 2.05) is 0 Å². The van der Waals surface area contributed by atoms with Gasteiger partial charge in [-0.2, -0.15) is 0 Å². The van der Waals surface area contributed by atoms with E-state index in [0.29, 0.717) is 16.5 Å². The Hall–Kier alpha value is 0.110. The highest BCUT2D eigenvalue weighted by Gasteiger charge is 2.38. The van der Waals surface area contributed by atoms with Crippen LogP contribution in [0.1, 0.15) is 72.6 Å². The van der Waals surface area contributed by atoms with Gasteiger partial charge < -0.3 is 5.32 Å². The van der Waals surface area contributed by atoms with E-state index in [9.17, 15) is 4.21 Å². The fraction of sp³-hybridized carbons (Fsp3) is 1.00. The van der Waals surface area contributed by atoms with Gasteiger partial charge in [0, 0.05) is 22.1 Å². The molecule has 2 aliphatic rings. The molecule has 0 amide bonds. The molecule has 0 saturated heterocycles. The Kier molecular flexibility index (Phi) is 6.74. The zero-order valence-corrected chi connectivity index (χ0v) is 15.3. The molecule has 6 unspecified atom stereocenters. The first-order chi connectivity index (χ1) is 10.0. The lowest BCUT2D eigenvalue weighted by molar-refractivity contribution is 0.243. The van der Waals surface area contributed by atoms with Crippen LogP contribution in [-0.4, -0.2) is 27.3 Å². The van der Waals surface area contributed by atoms with Crippen LogP contribution >= 0.6 is 0 Å². The minimum Gasteiger partial charge on any atom is -0.313 e. The Morgan fingerprint density at radius 1 is 1.14 bits per heavy atom. The molecule has 2 rings (SSSR count). The quantitative estimate of drug-likeness (QED) is 0.827. The van der Waals surface area contributed by atoms with E-state index < -0.39 is 10.8 Å². The van der Waals surface area contributed by atoms with E-state index >= 15 is 0 Å². The van der Waals surface area contributed by atoms with Crippen molar-refractivity contribution in [3.8, 4) is 0 Å². The average molecular weight is 314 g/mol. The molecule has 0 spiro atoms. The summed E-state index contributed by atoms with van der Waals surface area (Å²) < 4.78 is 13.2. The van der Waals surface area contributed by atoms with Gasteiger partial charge in [0.25, 0.3) is 0 Å². The van der Waals surface area contributed by atoms with Crippen LogP contribution in [0.4, 0.5) is 0 Å². The molecule has 3 heteroatoms. The normalized spacial score (nSPS) is 39.4. The van der Waals surface area contributed by atoms with E-state index in [0.717, 1.165) is 24.3 Å². The maximum Gasteiger partial charge on any atom is 0.0506 e. The Balaban J connectivity index is 2.05. The summed E-state index contributed by atoms with van der Waals surface area (Å²) in [5, 5.41) is 4.49. The van der Waals surface area contributed by atoms with Crippen LogP contribution in [0.2, 0.25) is 0 Å². The lowest BCUT2D eigenvalue weighted by Crippen LogP contribution is -2.49. The lowest BCUT2D eigenvalue weighted by atomic mass is 9.79. The molecule has 0 aliphatic heterocycles. The average Bonchev–Trinajstić information content (AvgIpc) is 2.47. The summed E-state index contributed by atoms with van der Waals surface area (Å²) in [5.74, 6) is 2.28. The molecule has 0 aromatic heterocycles. The predicted molar refractivity (Wildman–Crippen MR) is 93.0 cm³/mol. The SMILES string of the molecule is CCNC1CCC(C(C)C)CC1S(=O)C1CCCC(C)C1. The number of hydrogen-bond donors (Lipinski definition) is 1. The van der Waals surface area contributed by atoms with Gasteiger partial charge in [-0.05, 0) is 56.4 Å². The highest BCUT2D eigenvalue weighted by molar-refractivity contribution is 7.86. The second-order valence-corrected chi connectivity index (χ2v) is 9.67. The smallest absolute Gasteiger partial charge is 0.0506 e. The van der Waals surface area contributed by atoms with Gasteiger partial charge in [-0.1, -0.05) is 40.5 Å². The molecular formula is C18H35NOS. The molecule has 124 valence electrons. The van der Waals surface area contributed by atoms with Crippen molar-refractivity contribution in [2.24, 2.45) is 17.8 Å². The molecule has 0 bridgehead atoms. The van der Waals surface area contributed by atoms with Crippen molar-refractivity contribution in [3.63, 3.8) is 0 Å². The molecule has 0 aromatic carbocycles. The van der Waals surface area contributed by atoms with Gasteiger partial charge in [0.05, 0.1) is 5.25 Å². The Morgan fingerprint density at radius 2 is 1.90 bits per heavy atom. The van der Waals surface area contributed by atoms with Gasteiger partial charge in [-0.3, -0.25) is 4.21 Å². The first-order valence-electron chi connectivity index (χ1n) is 9.15. The fourth-order valence-electron chi connectivity index (χ4n) is 4.35. The third kappa shape index (κ3) is 4.54. The first kappa shape index (κ1) is 17.5. The summed E-state index contributed by atoms with van der Waals surface area (Å²) in [6, 6.07) is 0.489. The monoisotopic (exact) mass is 313 g/mol. The highest BCUT2D eigenvalue weighted by Crippen LogP contribution is 2.36. The second-order valence-electron chi connectivity index (χ2n) is 7.74. The van der Waals surface area contributed by atoms with Crippen molar-refractivity contribution >= 4 is 10.8 Å². The zero-order valence-electron chi connectivity index (χ0n) is 14.4. The van der Waals surface area contributed by atoms with Crippen LogP contribution in [0.15, 0.2) is 0 Å². The number of hydrogen-bond acceptors (Lipinski definition) is 2. The molecule has 0 radical (unpaired) electrons. The van der Waals surface area contributed by atoms with Crippen molar-refractivity contribution in [3.05, 3.63) is 0 Å². The maximum atomic E-state index is 13.2. The van der Waals surface area contributed by atoms with Crippen LogP contribution in [0.5, 0.6) is 0 Å². The summed E-state index contributed by atoms with van der Waals surface area (Å²) in [6.45, 7) is 10.2. The van der Waals surface area contributed by atoms with Gasteiger partial charge in [0.2, 0.25) is 0 Å². The van der Waals surface area contributed by atoms with Crippen LogP contribution in [-0.2, 0) is 10.8 Å². The lowest BCUT2D eigenvalue weighted by Gasteiger charge is -2.40. The van der Waals surface area contributed by atoms with E-state index in [4.69, 9.17) is 0 Å². The summed E-state index contributed by atoms with van der Waals surface area (Å²) in [6.07, 6.45) is 8.70. The molecule has 2 saturated carbocycles. The van der Waals surface area contributed by atoms with E-state index in [1.165, 1.54) is 44.9 Å². The molecule has 2 aliphatic carbocycles.